The molecular weight excluding hydrogens is 351 g/mol. The minimum Gasteiger partial charge on any atom is -0.396 e. The minimum atomic E-state index is -0.271. The van der Waals surface area contributed by atoms with Crippen molar-refractivity contribution in [3.63, 3.8) is 0 Å². The summed E-state index contributed by atoms with van der Waals surface area (Å²) in [5.41, 5.74) is 2.51. The van der Waals surface area contributed by atoms with E-state index in [1.165, 1.54) is 17.0 Å². The summed E-state index contributed by atoms with van der Waals surface area (Å²) in [6.07, 6.45) is 0.746. The zero-order valence-corrected chi connectivity index (χ0v) is 15.8. The lowest BCUT2D eigenvalue weighted by Crippen LogP contribution is -2.53. The number of aliphatic hydroxyl groups excluding tert-OH is 1. The number of aryl methyl sites for hydroxylation is 1. The second-order valence-electron chi connectivity index (χ2n) is 6.91. The maximum Gasteiger partial charge on any atom is 0.139 e. The first kappa shape index (κ1) is 17.5. The van der Waals surface area contributed by atoms with E-state index in [1.54, 1.807) is 17.4 Å². The van der Waals surface area contributed by atoms with Gasteiger partial charge < -0.3 is 15.3 Å². The Bertz CT molecular complexity index is 850. The molecule has 0 amide bonds. The van der Waals surface area contributed by atoms with E-state index in [1.807, 2.05) is 0 Å². The molecule has 0 saturated carbocycles. The van der Waals surface area contributed by atoms with Gasteiger partial charge in [-0.25, -0.2) is 9.38 Å². The Kier molecular flexibility index (Phi) is 4.69. The van der Waals surface area contributed by atoms with Crippen LogP contribution in [0.15, 0.2) is 29.3 Å². The average molecular weight is 374 g/mol. The molecule has 1 aromatic heterocycles. The van der Waals surface area contributed by atoms with Crippen LogP contribution in [-0.4, -0.2) is 60.1 Å². The second kappa shape index (κ2) is 6.98. The maximum absolute atomic E-state index is 13.7. The lowest BCUT2D eigenvalue weighted by molar-refractivity contribution is 0.115. The molecular formula is C19H23FN4OS. The number of hydrogen-bond donors (Lipinski definition) is 2. The van der Waals surface area contributed by atoms with Crippen molar-refractivity contribution in [2.75, 3.05) is 38.6 Å². The molecule has 2 N–H and O–H groups in total. The van der Waals surface area contributed by atoms with Crippen LogP contribution in [0.1, 0.15) is 16.9 Å². The molecule has 138 valence electrons. The molecule has 0 spiro atoms. The highest BCUT2D eigenvalue weighted by Crippen LogP contribution is 2.39. The number of halogens is 1. The Morgan fingerprint density at radius 1 is 1.35 bits per heavy atom. The molecule has 3 heterocycles. The van der Waals surface area contributed by atoms with Gasteiger partial charge in [0, 0.05) is 37.2 Å². The molecule has 5 nitrogen and oxygen atoms in total. The third-order valence-electron chi connectivity index (χ3n) is 5.07. The molecule has 0 bridgehead atoms. The highest BCUT2D eigenvalue weighted by atomic mass is 32.1. The van der Waals surface area contributed by atoms with E-state index in [0.29, 0.717) is 11.7 Å². The van der Waals surface area contributed by atoms with Crippen LogP contribution in [0.5, 0.6) is 0 Å². The number of piperazine rings is 1. The van der Waals surface area contributed by atoms with Gasteiger partial charge in [-0.2, -0.15) is 0 Å². The van der Waals surface area contributed by atoms with Gasteiger partial charge in [0.05, 0.1) is 16.9 Å². The van der Waals surface area contributed by atoms with E-state index >= 15 is 0 Å². The number of aliphatic hydroxyl groups is 1. The summed E-state index contributed by atoms with van der Waals surface area (Å²) in [7, 11) is 2.10. The van der Waals surface area contributed by atoms with Crippen molar-refractivity contribution in [2.24, 2.45) is 4.99 Å². The molecule has 7 heteroatoms. The van der Waals surface area contributed by atoms with Gasteiger partial charge in [-0.05, 0) is 44.7 Å². The van der Waals surface area contributed by atoms with Gasteiger partial charge >= 0.3 is 0 Å². The quantitative estimate of drug-likeness (QED) is 0.847. The van der Waals surface area contributed by atoms with E-state index in [-0.39, 0.29) is 12.4 Å². The highest BCUT2D eigenvalue weighted by Gasteiger charge is 2.29. The molecule has 1 aromatic carbocycles. The lowest BCUT2D eigenvalue weighted by atomic mass is 10.1. The van der Waals surface area contributed by atoms with Crippen LogP contribution in [0.2, 0.25) is 0 Å². The first-order valence-electron chi connectivity index (χ1n) is 8.87. The van der Waals surface area contributed by atoms with Crippen LogP contribution in [0, 0.1) is 12.7 Å². The van der Waals surface area contributed by atoms with Crippen molar-refractivity contribution < 1.29 is 9.50 Å². The van der Waals surface area contributed by atoms with Crippen molar-refractivity contribution >= 4 is 33.5 Å². The summed E-state index contributed by atoms with van der Waals surface area (Å²) >= 11 is 1.66. The normalized spacial score (nSPS) is 20.1. The summed E-state index contributed by atoms with van der Waals surface area (Å²) in [5, 5.41) is 13.7. The first-order chi connectivity index (χ1) is 12.5. The molecule has 1 fully saturated rings. The number of anilines is 2. The monoisotopic (exact) mass is 374 g/mol. The van der Waals surface area contributed by atoms with E-state index in [0.717, 1.165) is 48.1 Å². The van der Waals surface area contributed by atoms with Crippen LogP contribution < -0.4 is 5.32 Å². The molecule has 2 aliphatic heterocycles. The smallest absolute Gasteiger partial charge is 0.139 e. The fraction of sp³-hybridized carbons (Fsp3) is 0.421. The largest absolute Gasteiger partial charge is 0.396 e. The predicted octanol–water partition coefficient (Wildman–Crippen LogP) is 3.33. The minimum absolute atomic E-state index is 0.182. The molecule has 1 unspecified atom stereocenters. The molecule has 0 aliphatic carbocycles. The zero-order valence-electron chi connectivity index (χ0n) is 15.0. The first-order valence-corrected chi connectivity index (χ1v) is 9.69. The third-order valence-corrected chi connectivity index (χ3v) is 6.03. The Balaban J connectivity index is 1.76. The number of hydrogen-bond acceptors (Lipinski definition) is 6. The Hall–Kier alpha value is -1.96. The predicted molar refractivity (Wildman–Crippen MR) is 105 cm³/mol. The fourth-order valence-corrected chi connectivity index (χ4v) is 4.54. The number of amidine groups is 1. The van der Waals surface area contributed by atoms with Crippen LogP contribution in [0.4, 0.5) is 20.8 Å². The SMILES string of the molecule is Cc1cc2c(s1)Nc1cc(F)ccc1N=C2N1CCN(C)C(CCO)C1. The van der Waals surface area contributed by atoms with E-state index < -0.39 is 0 Å². The van der Waals surface area contributed by atoms with Crippen LogP contribution in [0.3, 0.4) is 0 Å². The number of likely N-dealkylation sites (N-methyl/N-ethyl adjacent to an activating group) is 1. The van der Waals surface area contributed by atoms with E-state index in [4.69, 9.17) is 4.99 Å². The number of nitrogens with zero attached hydrogens (tertiary/aromatic N) is 3. The fourth-order valence-electron chi connectivity index (χ4n) is 3.62. The van der Waals surface area contributed by atoms with Crippen LogP contribution in [0.25, 0.3) is 0 Å². The number of benzene rings is 1. The molecule has 26 heavy (non-hydrogen) atoms. The van der Waals surface area contributed by atoms with E-state index in [9.17, 15) is 9.50 Å². The van der Waals surface area contributed by atoms with Gasteiger partial charge in [-0.3, -0.25) is 4.90 Å². The van der Waals surface area contributed by atoms with Crippen molar-refractivity contribution in [3.8, 4) is 0 Å². The Labute approximate surface area is 156 Å². The van der Waals surface area contributed by atoms with Crippen molar-refractivity contribution in [1.82, 2.24) is 9.80 Å². The van der Waals surface area contributed by atoms with Crippen molar-refractivity contribution in [3.05, 3.63) is 40.5 Å². The zero-order chi connectivity index (χ0) is 18.3. The molecule has 2 aliphatic rings. The van der Waals surface area contributed by atoms with Gasteiger partial charge in [0.2, 0.25) is 0 Å². The Morgan fingerprint density at radius 2 is 2.19 bits per heavy atom. The number of thiophene rings is 1. The molecule has 4 rings (SSSR count). The number of rotatable bonds is 2. The van der Waals surface area contributed by atoms with Crippen molar-refractivity contribution in [2.45, 2.75) is 19.4 Å². The lowest BCUT2D eigenvalue weighted by Gasteiger charge is -2.40. The summed E-state index contributed by atoms with van der Waals surface area (Å²) in [5.74, 6) is 0.658. The summed E-state index contributed by atoms with van der Waals surface area (Å²) in [6.45, 7) is 4.88. The van der Waals surface area contributed by atoms with E-state index in [2.05, 4.69) is 35.2 Å². The van der Waals surface area contributed by atoms with Gasteiger partial charge in [0.15, 0.2) is 0 Å². The van der Waals surface area contributed by atoms with Crippen LogP contribution >= 0.6 is 11.3 Å². The number of nitrogens with one attached hydrogen (secondary N) is 1. The summed E-state index contributed by atoms with van der Waals surface area (Å²) in [4.78, 5) is 10.7. The van der Waals surface area contributed by atoms with Gasteiger partial charge in [-0.15, -0.1) is 11.3 Å². The maximum atomic E-state index is 13.7. The van der Waals surface area contributed by atoms with Gasteiger partial charge in [-0.1, -0.05) is 0 Å². The Morgan fingerprint density at radius 3 is 3.00 bits per heavy atom. The standard InChI is InChI=1S/C19H23FN4OS/c1-12-9-15-18(24-7-6-23(2)14(11-24)5-8-25)21-16-4-3-13(20)10-17(16)22-19(15)26-12/h3-4,9-10,14,22,25H,5-8,11H2,1-2H3. The summed E-state index contributed by atoms with van der Waals surface area (Å²) < 4.78 is 13.7. The molecule has 0 radical (unpaired) electrons. The molecule has 1 atom stereocenters. The van der Waals surface area contributed by atoms with Gasteiger partial charge in [0.25, 0.3) is 0 Å². The van der Waals surface area contributed by atoms with Crippen LogP contribution in [-0.2, 0) is 0 Å². The topological polar surface area (TPSA) is 51.1 Å². The highest BCUT2D eigenvalue weighted by molar-refractivity contribution is 7.16. The average Bonchev–Trinajstić information content (AvgIpc) is 2.90. The summed E-state index contributed by atoms with van der Waals surface area (Å²) in [6, 6.07) is 7.11. The number of aliphatic imine (C=N–C) groups is 1. The van der Waals surface area contributed by atoms with Crippen molar-refractivity contribution in [1.29, 1.82) is 0 Å². The molecule has 1 saturated heterocycles. The molecule has 2 aromatic rings. The van der Waals surface area contributed by atoms with Gasteiger partial charge in [0.1, 0.15) is 16.7 Å². The third kappa shape index (κ3) is 3.22. The number of fused-ring (bicyclic) bond motifs is 2. The second-order valence-corrected chi connectivity index (χ2v) is 8.17.